The number of halogens is 3. The van der Waals surface area contributed by atoms with Crippen molar-refractivity contribution >= 4 is 5.97 Å². The molecular weight excluding hydrogens is 301 g/mol. The van der Waals surface area contributed by atoms with E-state index in [9.17, 15) is 18.0 Å². The summed E-state index contributed by atoms with van der Waals surface area (Å²) in [7, 11) is 0. The lowest BCUT2D eigenvalue weighted by Crippen LogP contribution is -2.20. The number of alkyl halides is 3. The standard InChI is InChI=1S/C15H19F3O4/c1-3-5-8-21-11-6-7-13(22-10-15(16,17)18)12(9-11)14(19)20-4-2/h6-7,9H,3-5,8,10H2,1-2H3. The van der Waals surface area contributed by atoms with E-state index in [1.807, 2.05) is 6.92 Å². The van der Waals surface area contributed by atoms with Gasteiger partial charge in [-0.1, -0.05) is 13.3 Å². The van der Waals surface area contributed by atoms with Gasteiger partial charge >= 0.3 is 12.1 Å². The van der Waals surface area contributed by atoms with Crippen LogP contribution in [-0.4, -0.2) is 32.0 Å². The number of benzene rings is 1. The van der Waals surface area contributed by atoms with E-state index in [1.54, 1.807) is 6.92 Å². The molecule has 1 aromatic rings. The Hall–Kier alpha value is -1.92. The average molecular weight is 320 g/mol. The number of hydrogen-bond acceptors (Lipinski definition) is 4. The van der Waals surface area contributed by atoms with Crippen LogP contribution in [0, 0.1) is 0 Å². The first-order valence-electron chi connectivity index (χ1n) is 7.01. The molecule has 0 radical (unpaired) electrons. The molecule has 0 atom stereocenters. The van der Waals surface area contributed by atoms with Gasteiger partial charge in [-0.3, -0.25) is 0 Å². The highest BCUT2D eigenvalue weighted by Crippen LogP contribution is 2.27. The minimum absolute atomic E-state index is 0.0832. The second-order valence-electron chi connectivity index (χ2n) is 4.48. The highest BCUT2D eigenvalue weighted by atomic mass is 19.4. The number of rotatable bonds is 8. The summed E-state index contributed by atoms with van der Waals surface area (Å²) >= 11 is 0. The van der Waals surface area contributed by atoms with Crippen molar-refractivity contribution in [3.8, 4) is 11.5 Å². The molecule has 0 aliphatic rings. The summed E-state index contributed by atoms with van der Waals surface area (Å²) in [5.41, 5.74) is -0.0832. The lowest BCUT2D eigenvalue weighted by Gasteiger charge is -2.14. The van der Waals surface area contributed by atoms with Crippen LogP contribution in [-0.2, 0) is 4.74 Å². The molecule has 0 spiro atoms. The van der Waals surface area contributed by atoms with Crippen LogP contribution in [0.15, 0.2) is 18.2 Å². The third-order valence-electron chi connectivity index (χ3n) is 2.60. The molecule has 0 aromatic heterocycles. The number of carbonyl (C=O) groups is 1. The quantitative estimate of drug-likeness (QED) is 0.537. The van der Waals surface area contributed by atoms with E-state index in [0.29, 0.717) is 12.4 Å². The Labute approximate surface area is 127 Å². The van der Waals surface area contributed by atoms with Crippen LogP contribution >= 0.6 is 0 Å². The summed E-state index contributed by atoms with van der Waals surface area (Å²) in [6.45, 7) is 2.70. The third kappa shape index (κ3) is 6.24. The predicted molar refractivity (Wildman–Crippen MR) is 74.4 cm³/mol. The maximum absolute atomic E-state index is 12.2. The Morgan fingerprint density at radius 1 is 1.18 bits per heavy atom. The monoisotopic (exact) mass is 320 g/mol. The van der Waals surface area contributed by atoms with E-state index in [-0.39, 0.29) is 17.9 Å². The molecule has 0 fully saturated rings. The first-order valence-corrected chi connectivity index (χ1v) is 7.01. The molecule has 0 heterocycles. The van der Waals surface area contributed by atoms with E-state index >= 15 is 0 Å². The van der Waals surface area contributed by atoms with Crippen LogP contribution in [0.2, 0.25) is 0 Å². The molecule has 0 amide bonds. The Morgan fingerprint density at radius 3 is 2.50 bits per heavy atom. The number of ether oxygens (including phenoxy) is 3. The molecule has 0 saturated heterocycles. The van der Waals surface area contributed by atoms with E-state index in [1.165, 1.54) is 18.2 Å². The maximum Gasteiger partial charge on any atom is 0.422 e. The molecule has 0 aliphatic carbocycles. The lowest BCUT2D eigenvalue weighted by molar-refractivity contribution is -0.153. The molecule has 0 bridgehead atoms. The number of carbonyl (C=O) groups excluding carboxylic acids is 1. The van der Waals surface area contributed by atoms with Gasteiger partial charge in [0, 0.05) is 0 Å². The minimum atomic E-state index is -4.48. The van der Waals surface area contributed by atoms with E-state index < -0.39 is 18.8 Å². The van der Waals surface area contributed by atoms with Crippen molar-refractivity contribution in [2.75, 3.05) is 19.8 Å². The number of unbranched alkanes of at least 4 members (excludes halogenated alkanes) is 1. The highest BCUT2D eigenvalue weighted by Gasteiger charge is 2.29. The Balaban J connectivity index is 2.91. The SMILES string of the molecule is CCCCOc1ccc(OCC(F)(F)F)c(C(=O)OCC)c1. The fraction of sp³-hybridized carbons (Fsp3) is 0.533. The lowest BCUT2D eigenvalue weighted by atomic mass is 10.2. The maximum atomic E-state index is 12.2. The van der Waals surface area contributed by atoms with Crippen molar-refractivity contribution in [2.45, 2.75) is 32.9 Å². The van der Waals surface area contributed by atoms with Gasteiger partial charge in [-0.2, -0.15) is 13.2 Å². The second-order valence-corrected chi connectivity index (χ2v) is 4.48. The van der Waals surface area contributed by atoms with Crippen molar-refractivity contribution in [1.29, 1.82) is 0 Å². The van der Waals surface area contributed by atoms with E-state index in [0.717, 1.165) is 12.8 Å². The molecule has 0 saturated carbocycles. The number of esters is 1. The molecule has 4 nitrogen and oxygen atoms in total. The highest BCUT2D eigenvalue weighted by molar-refractivity contribution is 5.93. The van der Waals surface area contributed by atoms with Crippen molar-refractivity contribution in [3.05, 3.63) is 23.8 Å². The molecule has 0 unspecified atom stereocenters. The zero-order chi connectivity index (χ0) is 16.6. The predicted octanol–water partition coefficient (Wildman–Crippen LogP) is 3.98. The van der Waals surface area contributed by atoms with Gasteiger partial charge in [0.05, 0.1) is 13.2 Å². The second kappa shape index (κ2) is 8.51. The van der Waals surface area contributed by atoms with Crippen LogP contribution in [0.5, 0.6) is 11.5 Å². The summed E-state index contributed by atoms with van der Waals surface area (Å²) in [5.74, 6) is -0.546. The number of hydrogen-bond donors (Lipinski definition) is 0. The molecule has 1 aromatic carbocycles. The Morgan fingerprint density at radius 2 is 1.91 bits per heavy atom. The van der Waals surface area contributed by atoms with Crippen LogP contribution in [0.4, 0.5) is 13.2 Å². The molecule has 7 heteroatoms. The Kier molecular flexibility index (Phi) is 7.01. The van der Waals surface area contributed by atoms with Crippen LogP contribution < -0.4 is 9.47 Å². The van der Waals surface area contributed by atoms with Gasteiger partial charge in [-0.15, -0.1) is 0 Å². The van der Waals surface area contributed by atoms with Crippen molar-refractivity contribution < 1.29 is 32.2 Å². The fourth-order valence-electron chi connectivity index (χ4n) is 1.59. The fourth-order valence-corrected chi connectivity index (χ4v) is 1.59. The largest absolute Gasteiger partial charge is 0.494 e. The first kappa shape index (κ1) is 18.1. The normalized spacial score (nSPS) is 11.1. The molecular formula is C15H19F3O4. The summed E-state index contributed by atoms with van der Waals surface area (Å²) in [5, 5.41) is 0. The van der Waals surface area contributed by atoms with Crippen LogP contribution in [0.3, 0.4) is 0 Å². The van der Waals surface area contributed by atoms with Crippen molar-refractivity contribution in [2.24, 2.45) is 0 Å². The zero-order valence-electron chi connectivity index (χ0n) is 12.5. The molecule has 0 N–H and O–H groups in total. The molecule has 1 rings (SSSR count). The summed E-state index contributed by atoms with van der Waals surface area (Å²) in [4.78, 5) is 11.8. The van der Waals surface area contributed by atoms with Crippen LogP contribution in [0.1, 0.15) is 37.0 Å². The van der Waals surface area contributed by atoms with Crippen molar-refractivity contribution in [3.63, 3.8) is 0 Å². The summed E-state index contributed by atoms with van der Waals surface area (Å²) < 4.78 is 51.6. The topological polar surface area (TPSA) is 44.8 Å². The zero-order valence-corrected chi connectivity index (χ0v) is 12.5. The van der Waals surface area contributed by atoms with Gasteiger partial charge < -0.3 is 14.2 Å². The van der Waals surface area contributed by atoms with Crippen LogP contribution in [0.25, 0.3) is 0 Å². The van der Waals surface area contributed by atoms with Gasteiger partial charge in [0.2, 0.25) is 0 Å². The van der Waals surface area contributed by atoms with Gasteiger partial charge in [-0.05, 0) is 31.5 Å². The molecule has 22 heavy (non-hydrogen) atoms. The van der Waals surface area contributed by atoms with Crippen molar-refractivity contribution in [1.82, 2.24) is 0 Å². The van der Waals surface area contributed by atoms with E-state index in [4.69, 9.17) is 9.47 Å². The molecule has 0 aliphatic heterocycles. The summed E-state index contributed by atoms with van der Waals surface area (Å²) in [6, 6.07) is 4.07. The first-order chi connectivity index (χ1) is 10.4. The average Bonchev–Trinajstić information content (AvgIpc) is 2.45. The van der Waals surface area contributed by atoms with E-state index in [2.05, 4.69) is 4.74 Å². The van der Waals surface area contributed by atoms with Gasteiger partial charge in [0.15, 0.2) is 6.61 Å². The van der Waals surface area contributed by atoms with Gasteiger partial charge in [0.25, 0.3) is 0 Å². The Bertz CT molecular complexity index is 486. The minimum Gasteiger partial charge on any atom is -0.494 e. The third-order valence-corrected chi connectivity index (χ3v) is 2.60. The molecule has 124 valence electrons. The smallest absolute Gasteiger partial charge is 0.422 e. The van der Waals surface area contributed by atoms with Gasteiger partial charge in [-0.25, -0.2) is 4.79 Å². The summed E-state index contributed by atoms with van der Waals surface area (Å²) in [6.07, 6.45) is -2.71. The van der Waals surface area contributed by atoms with Gasteiger partial charge in [0.1, 0.15) is 17.1 Å².